The smallest absolute Gasteiger partial charge is 0.313 e. The van der Waals surface area contributed by atoms with Crippen LogP contribution >= 0.6 is 0 Å². The van der Waals surface area contributed by atoms with Crippen molar-refractivity contribution in [3.05, 3.63) is 42.5 Å². The van der Waals surface area contributed by atoms with E-state index in [0.29, 0.717) is 37.0 Å². The van der Waals surface area contributed by atoms with Crippen LogP contribution in [0.15, 0.2) is 36.7 Å². The zero-order chi connectivity index (χ0) is 19.9. The number of benzene rings is 1. The van der Waals surface area contributed by atoms with Crippen LogP contribution in [0.1, 0.15) is 12.8 Å². The van der Waals surface area contributed by atoms with Crippen molar-refractivity contribution in [1.82, 2.24) is 15.3 Å². The molecule has 1 saturated heterocycles. The van der Waals surface area contributed by atoms with E-state index in [-0.39, 0.29) is 5.92 Å². The van der Waals surface area contributed by atoms with Crippen molar-refractivity contribution in [3.63, 3.8) is 0 Å². The molecule has 1 aliphatic heterocycles. The van der Waals surface area contributed by atoms with Crippen molar-refractivity contribution >= 4 is 23.5 Å². The molecule has 0 spiro atoms. The molecular formula is C19H22FN5O3. The number of ether oxygens (including phenoxy) is 1. The van der Waals surface area contributed by atoms with E-state index in [1.165, 1.54) is 7.11 Å². The third-order valence-corrected chi connectivity index (χ3v) is 4.62. The number of piperidine rings is 1. The van der Waals surface area contributed by atoms with Crippen molar-refractivity contribution in [2.75, 3.05) is 37.0 Å². The van der Waals surface area contributed by atoms with E-state index in [2.05, 4.69) is 20.6 Å². The fourth-order valence-corrected chi connectivity index (χ4v) is 3.05. The SMILES string of the molecule is COc1ccccc1NC(=O)C(=O)NCC1CCN(c2ncc(F)cn2)CC1. The maximum absolute atomic E-state index is 12.9. The Kier molecular flexibility index (Phi) is 6.36. The van der Waals surface area contributed by atoms with E-state index in [0.717, 1.165) is 25.2 Å². The van der Waals surface area contributed by atoms with Crippen LogP contribution < -0.4 is 20.3 Å². The molecular weight excluding hydrogens is 365 g/mol. The first-order chi connectivity index (χ1) is 13.6. The topological polar surface area (TPSA) is 96.4 Å². The summed E-state index contributed by atoms with van der Waals surface area (Å²) < 4.78 is 18.1. The van der Waals surface area contributed by atoms with Gasteiger partial charge in [-0.15, -0.1) is 0 Å². The van der Waals surface area contributed by atoms with Crippen LogP contribution in [0.3, 0.4) is 0 Å². The predicted molar refractivity (Wildman–Crippen MR) is 102 cm³/mol. The molecule has 0 saturated carbocycles. The van der Waals surface area contributed by atoms with Crippen molar-refractivity contribution in [3.8, 4) is 5.75 Å². The summed E-state index contributed by atoms with van der Waals surface area (Å²) in [5, 5.41) is 5.23. The Morgan fingerprint density at radius 2 is 1.86 bits per heavy atom. The summed E-state index contributed by atoms with van der Waals surface area (Å²) in [6.07, 6.45) is 3.92. The van der Waals surface area contributed by atoms with Gasteiger partial charge < -0.3 is 20.3 Å². The number of aromatic nitrogens is 2. The molecule has 2 aromatic rings. The Balaban J connectivity index is 1.44. The number of halogens is 1. The minimum absolute atomic E-state index is 0.250. The Hall–Kier alpha value is -3.23. The highest BCUT2D eigenvalue weighted by atomic mass is 19.1. The number of carbonyl (C=O) groups is 2. The molecule has 0 atom stereocenters. The van der Waals surface area contributed by atoms with Gasteiger partial charge in [0.25, 0.3) is 0 Å². The third kappa shape index (κ3) is 4.93. The lowest BCUT2D eigenvalue weighted by atomic mass is 9.97. The Morgan fingerprint density at radius 3 is 2.54 bits per heavy atom. The number of nitrogens with one attached hydrogen (secondary N) is 2. The second-order valence-electron chi connectivity index (χ2n) is 6.50. The average molecular weight is 387 g/mol. The van der Waals surface area contributed by atoms with Crippen molar-refractivity contribution in [2.45, 2.75) is 12.8 Å². The van der Waals surface area contributed by atoms with Crippen LogP contribution in [0.4, 0.5) is 16.0 Å². The van der Waals surface area contributed by atoms with E-state index in [1.807, 2.05) is 4.90 Å². The van der Waals surface area contributed by atoms with Gasteiger partial charge in [0.05, 0.1) is 25.2 Å². The monoisotopic (exact) mass is 387 g/mol. The summed E-state index contributed by atoms with van der Waals surface area (Å²) in [7, 11) is 1.49. The van der Waals surface area contributed by atoms with Gasteiger partial charge in [-0.25, -0.2) is 14.4 Å². The van der Waals surface area contributed by atoms with Crippen LogP contribution in [-0.2, 0) is 9.59 Å². The Bertz CT molecular complexity index is 823. The fraction of sp³-hybridized carbons (Fsp3) is 0.368. The molecule has 0 aliphatic carbocycles. The highest BCUT2D eigenvalue weighted by molar-refractivity contribution is 6.39. The van der Waals surface area contributed by atoms with Crippen LogP contribution in [0.5, 0.6) is 5.75 Å². The number of rotatable bonds is 5. The molecule has 1 fully saturated rings. The standard InChI is InChI=1S/C19H22FN5O3/c1-28-16-5-3-2-4-15(16)24-18(27)17(26)21-10-13-6-8-25(9-7-13)19-22-11-14(20)12-23-19/h2-5,11-13H,6-10H2,1H3,(H,21,26)(H,24,27). The molecule has 2 amide bonds. The molecule has 0 unspecified atom stereocenters. The van der Waals surface area contributed by atoms with Gasteiger partial charge in [0, 0.05) is 19.6 Å². The van der Waals surface area contributed by atoms with Crippen LogP contribution in [0.2, 0.25) is 0 Å². The van der Waals surface area contributed by atoms with Gasteiger partial charge in [-0.3, -0.25) is 9.59 Å². The summed E-state index contributed by atoms with van der Waals surface area (Å²) >= 11 is 0. The Morgan fingerprint density at radius 1 is 1.18 bits per heavy atom. The van der Waals surface area contributed by atoms with Crippen LogP contribution in [0, 0.1) is 11.7 Å². The lowest BCUT2D eigenvalue weighted by molar-refractivity contribution is -0.136. The average Bonchev–Trinajstić information content (AvgIpc) is 2.73. The van der Waals surface area contributed by atoms with E-state index in [4.69, 9.17) is 4.74 Å². The maximum Gasteiger partial charge on any atom is 0.313 e. The number of carbonyl (C=O) groups excluding carboxylic acids is 2. The van der Waals surface area contributed by atoms with Crippen molar-refractivity contribution < 1.29 is 18.7 Å². The molecule has 0 bridgehead atoms. The normalized spacial score (nSPS) is 14.4. The summed E-state index contributed by atoms with van der Waals surface area (Å²) in [6.45, 7) is 1.83. The number of para-hydroxylation sites is 2. The minimum Gasteiger partial charge on any atom is -0.495 e. The molecule has 9 heteroatoms. The predicted octanol–water partition coefficient (Wildman–Crippen LogP) is 1.60. The van der Waals surface area contributed by atoms with Gasteiger partial charge >= 0.3 is 11.8 Å². The number of methoxy groups -OCH3 is 1. The number of hydrogen-bond acceptors (Lipinski definition) is 6. The molecule has 3 rings (SSSR count). The number of anilines is 2. The zero-order valence-electron chi connectivity index (χ0n) is 15.5. The minimum atomic E-state index is -0.735. The molecule has 1 aromatic heterocycles. The fourth-order valence-electron chi connectivity index (χ4n) is 3.05. The second-order valence-corrected chi connectivity index (χ2v) is 6.50. The quantitative estimate of drug-likeness (QED) is 0.757. The molecule has 1 aromatic carbocycles. The first-order valence-corrected chi connectivity index (χ1v) is 9.01. The molecule has 28 heavy (non-hydrogen) atoms. The first-order valence-electron chi connectivity index (χ1n) is 9.01. The van der Waals surface area contributed by atoms with E-state index >= 15 is 0 Å². The van der Waals surface area contributed by atoms with Gasteiger partial charge in [0.2, 0.25) is 5.95 Å². The molecule has 148 valence electrons. The third-order valence-electron chi connectivity index (χ3n) is 4.62. The van der Waals surface area contributed by atoms with Gasteiger partial charge in [0.1, 0.15) is 5.75 Å². The highest BCUT2D eigenvalue weighted by Gasteiger charge is 2.23. The van der Waals surface area contributed by atoms with Gasteiger partial charge in [-0.05, 0) is 30.9 Å². The summed E-state index contributed by atoms with van der Waals surface area (Å²) in [5.74, 6) is -0.650. The molecule has 2 N–H and O–H groups in total. The second kappa shape index (κ2) is 9.12. The first kappa shape index (κ1) is 19.5. The lowest BCUT2D eigenvalue weighted by Gasteiger charge is -2.31. The Labute approximate surface area is 162 Å². The summed E-state index contributed by atoms with van der Waals surface area (Å²) in [6, 6.07) is 6.88. The number of hydrogen-bond donors (Lipinski definition) is 2. The molecule has 8 nitrogen and oxygen atoms in total. The lowest BCUT2D eigenvalue weighted by Crippen LogP contribution is -2.42. The zero-order valence-corrected chi connectivity index (χ0v) is 15.5. The molecule has 2 heterocycles. The largest absolute Gasteiger partial charge is 0.495 e. The van der Waals surface area contributed by atoms with Crippen LogP contribution in [0.25, 0.3) is 0 Å². The number of amides is 2. The van der Waals surface area contributed by atoms with E-state index in [9.17, 15) is 14.0 Å². The van der Waals surface area contributed by atoms with Crippen LogP contribution in [-0.4, -0.2) is 48.5 Å². The molecule has 1 aliphatic rings. The van der Waals surface area contributed by atoms with Gasteiger partial charge in [-0.1, -0.05) is 12.1 Å². The number of nitrogens with zero attached hydrogens (tertiary/aromatic N) is 3. The highest BCUT2D eigenvalue weighted by Crippen LogP contribution is 2.23. The van der Waals surface area contributed by atoms with Crippen molar-refractivity contribution in [2.24, 2.45) is 5.92 Å². The summed E-state index contributed by atoms with van der Waals surface area (Å²) in [4.78, 5) is 34.1. The van der Waals surface area contributed by atoms with E-state index < -0.39 is 17.6 Å². The summed E-state index contributed by atoms with van der Waals surface area (Å²) in [5.41, 5.74) is 0.442. The maximum atomic E-state index is 12.9. The van der Waals surface area contributed by atoms with Gasteiger partial charge in [0.15, 0.2) is 5.82 Å². The van der Waals surface area contributed by atoms with E-state index in [1.54, 1.807) is 24.3 Å². The van der Waals surface area contributed by atoms with Crippen molar-refractivity contribution in [1.29, 1.82) is 0 Å². The molecule has 0 radical (unpaired) electrons. The van der Waals surface area contributed by atoms with Gasteiger partial charge in [-0.2, -0.15) is 0 Å².